The largest absolute Gasteiger partial charge is 0.354 e. The van der Waals surface area contributed by atoms with Gasteiger partial charge in [-0.05, 0) is 49.9 Å². The fourth-order valence-electron chi connectivity index (χ4n) is 3.93. The summed E-state index contributed by atoms with van der Waals surface area (Å²) in [5.41, 5.74) is 0.0393. The summed E-state index contributed by atoms with van der Waals surface area (Å²) in [4.78, 5) is 28.4. The van der Waals surface area contributed by atoms with E-state index in [9.17, 15) is 18.0 Å². The molecule has 2 amide bonds. The van der Waals surface area contributed by atoms with Gasteiger partial charge in [0.2, 0.25) is 21.8 Å². The lowest BCUT2D eigenvalue weighted by Gasteiger charge is -2.47. The quantitative estimate of drug-likeness (QED) is 0.693. The Labute approximate surface area is 190 Å². The third kappa shape index (κ3) is 4.71. The van der Waals surface area contributed by atoms with E-state index in [1.54, 1.807) is 37.3 Å². The fraction of sp³-hybridized carbons (Fsp3) is 0.417. The van der Waals surface area contributed by atoms with Crippen molar-refractivity contribution in [2.45, 2.75) is 44.6 Å². The first-order chi connectivity index (χ1) is 15.1. The maximum absolute atomic E-state index is 13.4. The minimum Gasteiger partial charge on any atom is -0.354 e. The summed E-state index contributed by atoms with van der Waals surface area (Å²) in [6.45, 7) is 7.60. The van der Waals surface area contributed by atoms with Crippen LogP contribution >= 0.6 is 0 Å². The van der Waals surface area contributed by atoms with E-state index in [0.717, 1.165) is 16.3 Å². The van der Waals surface area contributed by atoms with Gasteiger partial charge < -0.3 is 5.32 Å². The molecule has 7 nitrogen and oxygen atoms in total. The normalized spacial score (nSPS) is 19.9. The molecule has 0 saturated carbocycles. The van der Waals surface area contributed by atoms with Crippen molar-refractivity contribution >= 4 is 27.5 Å². The first kappa shape index (κ1) is 23.9. The number of nitrogens with zero attached hydrogens (tertiary/aromatic N) is 2. The SMILES string of the molecule is Cc1ccccc1N1C(=O)CN(S(=O)(=O)c2ccccc2)CC1(C)C(=O)NCCC(C)C. The maximum Gasteiger partial charge on any atom is 0.247 e. The molecule has 8 heteroatoms. The monoisotopic (exact) mass is 457 g/mol. The Kier molecular flexibility index (Phi) is 7.05. The smallest absolute Gasteiger partial charge is 0.247 e. The van der Waals surface area contributed by atoms with Gasteiger partial charge in [-0.3, -0.25) is 14.5 Å². The molecule has 0 aromatic heterocycles. The number of benzene rings is 2. The van der Waals surface area contributed by atoms with Crippen molar-refractivity contribution in [3.8, 4) is 0 Å². The highest BCUT2D eigenvalue weighted by Crippen LogP contribution is 2.33. The van der Waals surface area contributed by atoms with Crippen molar-refractivity contribution in [3.05, 3.63) is 60.2 Å². The van der Waals surface area contributed by atoms with Crippen LogP contribution in [0.2, 0.25) is 0 Å². The van der Waals surface area contributed by atoms with E-state index < -0.39 is 21.5 Å². The van der Waals surface area contributed by atoms with Crippen LogP contribution < -0.4 is 10.2 Å². The summed E-state index contributed by atoms with van der Waals surface area (Å²) >= 11 is 0. The standard InChI is InChI=1S/C24H31N3O4S/c1-18(2)14-15-25-23(29)24(4)17-26(32(30,31)20-11-6-5-7-12-20)16-22(28)27(24)21-13-9-8-10-19(21)3/h5-13,18H,14-17H2,1-4H3,(H,25,29). The second kappa shape index (κ2) is 9.42. The minimum absolute atomic E-state index is 0.0970. The van der Waals surface area contributed by atoms with Crippen molar-refractivity contribution in [3.63, 3.8) is 0 Å². The van der Waals surface area contributed by atoms with Gasteiger partial charge in [-0.2, -0.15) is 4.31 Å². The van der Waals surface area contributed by atoms with Gasteiger partial charge >= 0.3 is 0 Å². The molecule has 3 rings (SSSR count). The van der Waals surface area contributed by atoms with Crippen molar-refractivity contribution in [2.24, 2.45) is 5.92 Å². The highest BCUT2D eigenvalue weighted by atomic mass is 32.2. The topological polar surface area (TPSA) is 86.8 Å². The van der Waals surface area contributed by atoms with Gasteiger partial charge in [-0.25, -0.2) is 8.42 Å². The van der Waals surface area contributed by atoms with Crippen LogP contribution in [0.25, 0.3) is 0 Å². The van der Waals surface area contributed by atoms with Crippen LogP contribution in [0.1, 0.15) is 32.8 Å². The first-order valence-electron chi connectivity index (χ1n) is 10.8. The number of carbonyl (C=O) groups excluding carboxylic acids is 2. The number of anilines is 1. The number of hydrogen-bond donors (Lipinski definition) is 1. The molecular weight excluding hydrogens is 426 g/mol. The lowest BCUT2D eigenvalue weighted by atomic mass is 9.93. The Morgan fingerprint density at radius 1 is 1.09 bits per heavy atom. The molecule has 0 bridgehead atoms. The summed E-state index contributed by atoms with van der Waals surface area (Å²) in [5.74, 6) is -0.409. The van der Waals surface area contributed by atoms with Crippen LogP contribution in [0.15, 0.2) is 59.5 Å². The molecule has 172 valence electrons. The molecule has 1 aliphatic rings. The summed E-state index contributed by atoms with van der Waals surface area (Å²) in [7, 11) is -3.94. The molecule has 2 aromatic carbocycles. The maximum atomic E-state index is 13.4. The lowest BCUT2D eigenvalue weighted by Crippen LogP contribution is -2.70. The predicted octanol–water partition coefficient (Wildman–Crippen LogP) is 2.95. The van der Waals surface area contributed by atoms with E-state index in [0.29, 0.717) is 18.2 Å². The van der Waals surface area contributed by atoms with Gasteiger partial charge in [-0.15, -0.1) is 0 Å². The molecule has 1 heterocycles. The zero-order chi connectivity index (χ0) is 23.5. The minimum atomic E-state index is -3.94. The van der Waals surface area contributed by atoms with Gasteiger partial charge in [0, 0.05) is 18.8 Å². The number of hydrogen-bond acceptors (Lipinski definition) is 4. The number of rotatable bonds is 7. The third-order valence-electron chi connectivity index (χ3n) is 5.77. The number of carbonyl (C=O) groups is 2. The first-order valence-corrected chi connectivity index (χ1v) is 12.2. The van der Waals surface area contributed by atoms with E-state index in [1.807, 2.05) is 19.1 Å². The van der Waals surface area contributed by atoms with Crippen LogP contribution in [0.3, 0.4) is 0 Å². The number of piperazine rings is 1. The number of amides is 2. The average molecular weight is 458 g/mol. The Balaban J connectivity index is 2.02. The Bertz CT molecular complexity index is 1090. The molecule has 2 aromatic rings. The van der Waals surface area contributed by atoms with Crippen molar-refractivity contribution < 1.29 is 18.0 Å². The van der Waals surface area contributed by atoms with E-state index >= 15 is 0 Å². The molecule has 1 N–H and O–H groups in total. The Morgan fingerprint density at radius 2 is 1.72 bits per heavy atom. The number of aryl methyl sites for hydroxylation is 1. The van der Waals surface area contributed by atoms with Crippen LogP contribution in [0.5, 0.6) is 0 Å². The molecule has 0 aliphatic carbocycles. The molecule has 1 unspecified atom stereocenters. The second-order valence-corrected chi connectivity index (χ2v) is 10.8. The van der Waals surface area contributed by atoms with Crippen molar-refractivity contribution in [2.75, 3.05) is 24.5 Å². The molecular formula is C24H31N3O4S. The van der Waals surface area contributed by atoms with E-state index in [-0.39, 0.29) is 23.9 Å². The molecule has 1 atom stereocenters. The molecule has 1 aliphatic heterocycles. The van der Waals surface area contributed by atoms with E-state index in [1.165, 1.54) is 17.0 Å². The highest BCUT2D eigenvalue weighted by Gasteiger charge is 2.51. The second-order valence-electron chi connectivity index (χ2n) is 8.81. The van der Waals surface area contributed by atoms with Crippen LogP contribution in [-0.4, -0.2) is 49.7 Å². The molecule has 1 saturated heterocycles. The zero-order valence-corrected chi connectivity index (χ0v) is 19.9. The van der Waals surface area contributed by atoms with Crippen molar-refractivity contribution in [1.82, 2.24) is 9.62 Å². The van der Waals surface area contributed by atoms with Gasteiger partial charge in [-0.1, -0.05) is 50.2 Å². The molecule has 0 radical (unpaired) electrons. The Morgan fingerprint density at radius 3 is 2.34 bits per heavy atom. The van der Waals surface area contributed by atoms with Gasteiger partial charge in [0.05, 0.1) is 11.4 Å². The van der Waals surface area contributed by atoms with Crippen LogP contribution in [0.4, 0.5) is 5.69 Å². The zero-order valence-electron chi connectivity index (χ0n) is 19.0. The van der Waals surface area contributed by atoms with Crippen molar-refractivity contribution in [1.29, 1.82) is 0 Å². The molecule has 1 fully saturated rings. The van der Waals surface area contributed by atoms with Crippen LogP contribution in [0, 0.1) is 12.8 Å². The summed E-state index contributed by atoms with van der Waals surface area (Å²) in [6.07, 6.45) is 0.784. The van der Waals surface area contributed by atoms with E-state index in [4.69, 9.17) is 0 Å². The summed E-state index contributed by atoms with van der Waals surface area (Å²) < 4.78 is 27.7. The van der Waals surface area contributed by atoms with Crippen LogP contribution in [-0.2, 0) is 19.6 Å². The molecule has 32 heavy (non-hydrogen) atoms. The lowest BCUT2D eigenvalue weighted by molar-refractivity contribution is -0.132. The third-order valence-corrected chi connectivity index (χ3v) is 7.58. The van der Waals surface area contributed by atoms with E-state index in [2.05, 4.69) is 19.2 Å². The van der Waals surface area contributed by atoms with Gasteiger partial charge in [0.15, 0.2) is 0 Å². The van der Waals surface area contributed by atoms with Gasteiger partial charge in [0.25, 0.3) is 0 Å². The average Bonchev–Trinajstić information content (AvgIpc) is 2.74. The summed E-state index contributed by atoms with van der Waals surface area (Å²) in [5, 5.41) is 2.92. The predicted molar refractivity (Wildman–Crippen MR) is 125 cm³/mol. The summed E-state index contributed by atoms with van der Waals surface area (Å²) in [6, 6.07) is 15.3. The number of para-hydroxylation sites is 1. The van der Waals surface area contributed by atoms with Gasteiger partial charge in [0.1, 0.15) is 5.54 Å². The molecule has 0 spiro atoms. The fourth-order valence-corrected chi connectivity index (χ4v) is 5.43. The number of nitrogens with one attached hydrogen (secondary N) is 1. The highest BCUT2D eigenvalue weighted by molar-refractivity contribution is 7.89. The Hall–Kier alpha value is -2.71. The number of sulfonamides is 1.